The van der Waals surface area contributed by atoms with Gasteiger partial charge in [0.05, 0.1) is 6.04 Å². The van der Waals surface area contributed by atoms with Gasteiger partial charge in [0.2, 0.25) is 11.8 Å². The lowest BCUT2D eigenvalue weighted by Crippen LogP contribution is -2.51. The second-order valence-electron chi connectivity index (χ2n) is 4.76. The molecule has 0 saturated heterocycles. The smallest absolute Gasteiger partial charge is 0.240 e. The molecular weight excluding hydrogens is 230 g/mol. The van der Waals surface area contributed by atoms with Crippen LogP contribution in [0.4, 0.5) is 0 Å². The van der Waals surface area contributed by atoms with Crippen molar-refractivity contribution < 1.29 is 9.59 Å². The third-order valence-electron chi connectivity index (χ3n) is 3.16. The van der Waals surface area contributed by atoms with Gasteiger partial charge < -0.3 is 16.4 Å². The number of likely N-dealkylation sites (N-methyl/N-ethyl adjacent to an activating group) is 1. The molecule has 0 saturated carbocycles. The van der Waals surface area contributed by atoms with Gasteiger partial charge in [0.1, 0.15) is 6.04 Å². The van der Waals surface area contributed by atoms with E-state index in [2.05, 4.69) is 0 Å². The average Bonchev–Trinajstić information content (AvgIpc) is 2.34. The maximum absolute atomic E-state index is 12.1. The molecule has 0 aliphatic carbocycles. The lowest BCUT2D eigenvalue weighted by molar-refractivity contribution is -0.139. The summed E-state index contributed by atoms with van der Waals surface area (Å²) in [6, 6.07) is -1.07. The van der Waals surface area contributed by atoms with Crippen molar-refractivity contribution >= 4 is 11.8 Å². The molecular formula is C13H27N3O2. The molecule has 0 rings (SSSR count). The number of nitrogens with two attached hydrogens (primary N) is 2. The minimum absolute atomic E-state index is 0.191. The van der Waals surface area contributed by atoms with Gasteiger partial charge in [-0.3, -0.25) is 9.59 Å². The molecule has 18 heavy (non-hydrogen) atoms. The summed E-state index contributed by atoms with van der Waals surface area (Å²) in [6.07, 6.45) is 5.01. The van der Waals surface area contributed by atoms with Crippen molar-refractivity contribution in [1.29, 1.82) is 0 Å². The largest absolute Gasteiger partial charge is 0.368 e. The highest BCUT2D eigenvalue weighted by atomic mass is 16.2. The fourth-order valence-electron chi connectivity index (χ4n) is 1.89. The van der Waals surface area contributed by atoms with E-state index in [0.29, 0.717) is 12.8 Å². The molecule has 0 spiro atoms. The van der Waals surface area contributed by atoms with Gasteiger partial charge in [0, 0.05) is 7.05 Å². The highest BCUT2D eigenvalue weighted by molar-refractivity contribution is 5.88. The number of nitrogens with zero attached hydrogens (tertiary/aromatic N) is 1. The van der Waals surface area contributed by atoms with Crippen LogP contribution in [0.2, 0.25) is 0 Å². The van der Waals surface area contributed by atoms with Crippen LogP contribution in [0.25, 0.3) is 0 Å². The number of rotatable bonds is 9. The summed E-state index contributed by atoms with van der Waals surface area (Å²) in [5.74, 6) is -0.648. The van der Waals surface area contributed by atoms with Gasteiger partial charge in [0.25, 0.3) is 0 Å². The van der Waals surface area contributed by atoms with Crippen molar-refractivity contribution in [3.63, 3.8) is 0 Å². The van der Waals surface area contributed by atoms with Gasteiger partial charge in [-0.05, 0) is 12.8 Å². The van der Waals surface area contributed by atoms with Gasteiger partial charge in [0.15, 0.2) is 0 Å². The summed E-state index contributed by atoms with van der Waals surface area (Å²) >= 11 is 0. The molecule has 0 aromatic heterocycles. The predicted molar refractivity (Wildman–Crippen MR) is 72.8 cm³/mol. The zero-order valence-corrected chi connectivity index (χ0v) is 11.8. The Balaban J connectivity index is 4.49. The van der Waals surface area contributed by atoms with Gasteiger partial charge in [-0.2, -0.15) is 0 Å². The summed E-state index contributed by atoms with van der Waals surface area (Å²) in [7, 11) is 1.61. The van der Waals surface area contributed by atoms with Crippen molar-refractivity contribution in [3.8, 4) is 0 Å². The highest BCUT2D eigenvalue weighted by Gasteiger charge is 2.27. The summed E-state index contributed by atoms with van der Waals surface area (Å²) in [6.45, 7) is 4.08. The quantitative estimate of drug-likeness (QED) is 0.646. The van der Waals surface area contributed by atoms with E-state index in [-0.39, 0.29) is 5.91 Å². The number of hydrogen-bond acceptors (Lipinski definition) is 3. The third kappa shape index (κ3) is 5.49. The van der Waals surface area contributed by atoms with Gasteiger partial charge in [-0.15, -0.1) is 0 Å². The number of amides is 2. The highest BCUT2D eigenvalue weighted by Crippen LogP contribution is 2.10. The lowest BCUT2D eigenvalue weighted by Gasteiger charge is -2.28. The molecule has 0 bridgehead atoms. The first kappa shape index (κ1) is 16.9. The van der Waals surface area contributed by atoms with Crippen LogP contribution in [0.15, 0.2) is 0 Å². The van der Waals surface area contributed by atoms with Crippen molar-refractivity contribution in [2.45, 2.75) is 64.5 Å². The maximum atomic E-state index is 12.1. The minimum atomic E-state index is -0.537. The number of carbonyl (C=O) groups is 2. The SMILES string of the molecule is CCCC[C@H](N)C(=O)N(C)[C@@H](CCCC)C(N)=O. The van der Waals surface area contributed by atoms with Crippen LogP contribution in [-0.2, 0) is 9.59 Å². The number of carbonyl (C=O) groups excluding carboxylic acids is 2. The zero-order chi connectivity index (χ0) is 14.1. The Morgan fingerprint density at radius 1 is 1.11 bits per heavy atom. The molecule has 5 heteroatoms. The number of primary amides is 1. The fraction of sp³-hybridized carbons (Fsp3) is 0.846. The van der Waals surface area contributed by atoms with Crippen molar-refractivity contribution in [1.82, 2.24) is 4.90 Å². The first-order valence-electron chi connectivity index (χ1n) is 6.77. The first-order chi connectivity index (χ1) is 8.45. The Morgan fingerprint density at radius 2 is 1.61 bits per heavy atom. The van der Waals surface area contributed by atoms with E-state index in [9.17, 15) is 9.59 Å². The number of hydrogen-bond donors (Lipinski definition) is 2. The third-order valence-corrected chi connectivity index (χ3v) is 3.16. The second kappa shape index (κ2) is 8.91. The van der Waals surface area contributed by atoms with E-state index >= 15 is 0 Å². The molecule has 5 nitrogen and oxygen atoms in total. The second-order valence-corrected chi connectivity index (χ2v) is 4.76. The molecule has 0 aliphatic rings. The zero-order valence-electron chi connectivity index (χ0n) is 11.8. The standard InChI is InChI=1S/C13H27N3O2/c1-4-6-8-10(14)13(18)16(3)11(12(15)17)9-7-5-2/h10-11H,4-9,14H2,1-3H3,(H2,15,17)/t10-,11-/m0/s1. The van der Waals surface area contributed by atoms with Gasteiger partial charge in [-0.25, -0.2) is 0 Å². The topological polar surface area (TPSA) is 89.4 Å². The lowest BCUT2D eigenvalue weighted by atomic mass is 10.1. The predicted octanol–water partition coefficient (Wildman–Crippen LogP) is 1.01. The van der Waals surface area contributed by atoms with Crippen molar-refractivity contribution in [2.75, 3.05) is 7.05 Å². The van der Waals surface area contributed by atoms with E-state index in [1.807, 2.05) is 13.8 Å². The monoisotopic (exact) mass is 257 g/mol. The molecule has 0 unspecified atom stereocenters. The van der Waals surface area contributed by atoms with Crippen LogP contribution in [0.3, 0.4) is 0 Å². The van der Waals surface area contributed by atoms with E-state index in [1.54, 1.807) is 7.05 Å². The minimum Gasteiger partial charge on any atom is -0.368 e. The molecule has 0 fully saturated rings. The number of unbranched alkanes of at least 4 members (excludes halogenated alkanes) is 2. The van der Waals surface area contributed by atoms with Crippen LogP contribution in [0.5, 0.6) is 0 Å². The molecule has 2 atom stereocenters. The Morgan fingerprint density at radius 3 is 2.06 bits per heavy atom. The van der Waals surface area contributed by atoms with Crippen LogP contribution in [-0.4, -0.2) is 35.8 Å². The van der Waals surface area contributed by atoms with Crippen LogP contribution in [0.1, 0.15) is 52.4 Å². The van der Waals surface area contributed by atoms with Gasteiger partial charge in [-0.1, -0.05) is 39.5 Å². The molecule has 0 aromatic carbocycles. The van der Waals surface area contributed by atoms with Crippen LogP contribution >= 0.6 is 0 Å². The maximum Gasteiger partial charge on any atom is 0.240 e. The summed E-state index contributed by atoms with van der Waals surface area (Å²) in [4.78, 5) is 24.8. The molecule has 0 aliphatic heterocycles. The van der Waals surface area contributed by atoms with E-state index in [0.717, 1.165) is 25.7 Å². The first-order valence-corrected chi connectivity index (χ1v) is 6.77. The summed E-state index contributed by atoms with van der Waals surface area (Å²) in [5, 5.41) is 0. The van der Waals surface area contributed by atoms with E-state index in [4.69, 9.17) is 11.5 Å². The molecule has 0 aromatic rings. The van der Waals surface area contributed by atoms with Crippen molar-refractivity contribution in [3.05, 3.63) is 0 Å². The van der Waals surface area contributed by atoms with Crippen LogP contribution < -0.4 is 11.5 Å². The molecule has 0 radical (unpaired) electrons. The fourth-order valence-corrected chi connectivity index (χ4v) is 1.89. The Kier molecular flexibility index (Phi) is 8.37. The summed E-state index contributed by atoms with van der Waals surface area (Å²) in [5.41, 5.74) is 11.2. The molecule has 2 amide bonds. The average molecular weight is 257 g/mol. The van der Waals surface area contributed by atoms with Crippen LogP contribution in [0, 0.1) is 0 Å². The normalized spacial score (nSPS) is 14.0. The van der Waals surface area contributed by atoms with Gasteiger partial charge >= 0.3 is 0 Å². The van der Waals surface area contributed by atoms with E-state index < -0.39 is 18.0 Å². The molecule has 106 valence electrons. The molecule has 4 N–H and O–H groups in total. The Bertz CT molecular complexity index is 269. The Labute approximate surface area is 110 Å². The van der Waals surface area contributed by atoms with E-state index in [1.165, 1.54) is 4.90 Å². The Hall–Kier alpha value is -1.10. The van der Waals surface area contributed by atoms with Crippen molar-refractivity contribution in [2.24, 2.45) is 11.5 Å². The molecule has 0 heterocycles. The summed E-state index contributed by atoms with van der Waals surface area (Å²) < 4.78 is 0.